The number of benzene rings is 1. The monoisotopic (exact) mass is 488 g/mol. The lowest BCUT2D eigenvalue weighted by Crippen LogP contribution is -2.14. The number of hydrogen-bond donors (Lipinski definition) is 1. The van der Waals surface area contributed by atoms with E-state index in [1.165, 1.54) is 35.1 Å². The molecule has 0 spiro atoms. The molecule has 0 saturated carbocycles. The first kappa shape index (κ1) is 19.8. The Morgan fingerprint density at radius 1 is 1.35 bits per heavy atom. The summed E-state index contributed by atoms with van der Waals surface area (Å²) in [6, 6.07) is 7.61. The van der Waals surface area contributed by atoms with Gasteiger partial charge >= 0.3 is 0 Å². The standard InChI is InChI=1S/C16H14BrClN4OS3/c1-24-15-12(16(25-2)26-21-15)14(23)19-13-10(17)8-22(20-13)7-9-5-3-4-6-11(9)18/h3-6,8H,7H2,1-2H3,(H,19,20,23). The van der Waals surface area contributed by atoms with E-state index in [9.17, 15) is 4.79 Å². The molecule has 0 aliphatic rings. The van der Waals surface area contributed by atoms with Gasteiger partial charge in [0.1, 0.15) is 5.03 Å². The molecule has 26 heavy (non-hydrogen) atoms. The highest BCUT2D eigenvalue weighted by Crippen LogP contribution is 2.33. The van der Waals surface area contributed by atoms with Crippen LogP contribution in [0.1, 0.15) is 15.9 Å². The minimum Gasteiger partial charge on any atom is -0.304 e. The Labute approximate surface area is 177 Å². The first-order chi connectivity index (χ1) is 12.5. The zero-order valence-corrected chi connectivity index (χ0v) is 18.6. The maximum absolute atomic E-state index is 12.7. The SMILES string of the molecule is CSc1nsc(SC)c1C(=O)Nc1nn(Cc2ccccc2Cl)cc1Br. The molecule has 136 valence electrons. The Kier molecular flexibility index (Phi) is 6.68. The van der Waals surface area contributed by atoms with Crippen molar-refractivity contribution in [2.45, 2.75) is 15.8 Å². The van der Waals surface area contributed by atoms with Crippen molar-refractivity contribution in [3.63, 3.8) is 0 Å². The van der Waals surface area contributed by atoms with Crippen LogP contribution in [0.15, 0.2) is 44.2 Å². The predicted molar refractivity (Wildman–Crippen MR) is 114 cm³/mol. The van der Waals surface area contributed by atoms with E-state index < -0.39 is 0 Å². The number of nitrogens with zero attached hydrogens (tertiary/aromatic N) is 3. The lowest BCUT2D eigenvalue weighted by Gasteiger charge is -2.05. The van der Waals surface area contributed by atoms with E-state index in [-0.39, 0.29) is 5.91 Å². The summed E-state index contributed by atoms with van der Waals surface area (Å²) in [6.45, 7) is 0.514. The number of nitrogens with one attached hydrogen (secondary N) is 1. The van der Waals surface area contributed by atoms with Crippen LogP contribution in [0.5, 0.6) is 0 Å². The van der Waals surface area contributed by atoms with E-state index >= 15 is 0 Å². The van der Waals surface area contributed by atoms with Gasteiger partial charge in [-0.05, 0) is 51.6 Å². The molecule has 10 heteroatoms. The third-order valence-electron chi connectivity index (χ3n) is 3.47. The molecular formula is C16H14BrClN4OS3. The van der Waals surface area contributed by atoms with Crippen molar-refractivity contribution >= 4 is 74.3 Å². The minimum atomic E-state index is -0.212. The highest BCUT2D eigenvalue weighted by atomic mass is 79.9. The van der Waals surface area contributed by atoms with Crippen LogP contribution in [0.2, 0.25) is 5.02 Å². The second-order valence-corrected chi connectivity index (χ2v) is 9.03. The summed E-state index contributed by atoms with van der Waals surface area (Å²) in [4.78, 5) is 12.7. The second-order valence-electron chi connectivity index (χ2n) is 5.13. The molecule has 1 aromatic carbocycles. The van der Waals surface area contributed by atoms with Gasteiger partial charge in [0, 0.05) is 11.2 Å². The van der Waals surface area contributed by atoms with Crippen LogP contribution in [0.4, 0.5) is 5.82 Å². The summed E-state index contributed by atoms with van der Waals surface area (Å²) in [7, 11) is 0. The maximum Gasteiger partial charge on any atom is 0.261 e. The minimum absolute atomic E-state index is 0.212. The molecule has 5 nitrogen and oxygen atoms in total. The first-order valence-corrected chi connectivity index (χ1v) is 11.8. The number of thioether (sulfide) groups is 2. The highest BCUT2D eigenvalue weighted by Gasteiger charge is 2.22. The Morgan fingerprint density at radius 2 is 2.12 bits per heavy atom. The number of rotatable bonds is 6. The third-order valence-corrected chi connectivity index (χ3v) is 7.16. The Hall–Kier alpha value is -1.000. The van der Waals surface area contributed by atoms with Crippen LogP contribution in [-0.4, -0.2) is 32.6 Å². The van der Waals surface area contributed by atoms with Crippen molar-refractivity contribution < 1.29 is 4.79 Å². The largest absolute Gasteiger partial charge is 0.304 e. The fourth-order valence-corrected chi connectivity index (χ4v) is 5.15. The van der Waals surface area contributed by atoms with Crippen molar-refractivity contribution in [3.05, 3.63) is 51.1 Å². The Bertz CT molecular complexity index is 922. The summed E-state index contributed by atoms with van der Waals surface area (Å²) in [5.41, 5.74) is 1.56. The van der Waals surface area contributed by atoms with E-state index in [4.69, 9.17) is 11.6 Å². The van der Waals surface area contributed by atoms with E-state index in [2.05, 4.69) is 30.7 Å². The zero-order chi connectivity index (χ0) is 18.7. The molecular weight excluding hydrogens is 476 g/mol. The van der Waals surface area contributed by atoms with Crippen LogP contribution in [0, 0.1) is 0 Å². The molecule has 0 saturated heterocycles. The zero-order valence-electron chi connectivity index (χ0n) is 13.8. The van der Waals surface area contributed by atoms with Gasteiger partial charge in [0.15, 0.2) is 5.82 Å². The van der Waals surface area contributed by atoms with Crippen molar-refractivity contribution in [1.82, 2.24) is 14.2 Å². The summed E-state index contributed by atoms with van der Waals surface area (Å²) in [5, 5.41) is 8.74. The van der Waals surface area contributed by atoms with Crippen molar-refractivity contribution in [1.29, 1.82) is 0 Å². The van der Waals surface area contributed by atoms with E-state index in [1.807, 2.05) is 43.0 Å². The van der Waals surface area contributed by atoms with Gasteiger partial charge in [-0.2, -0.15) is 9.47 Å². The molecule has 3 aromatic rings. The molecule has 1 N–H and O–H groups in total. The summed E-state index contributed by atoms with van der Waals surface area (Å²) >= 11 is 14.0. The number of amides is 1. The fraction of sp³-hybridized carbons (Fsp3) is 0.188. The third kappa shape index (κ3) is 4.28. The van der Waals surface area contributed by atoms with Crippen LogP contribution in [-0.2, 0) is 6.54 Å². The summed E-state index contributed by atoms with van der Waals surface area (Å²) in [6.07, 6.45) is 5.66. The molecule has 0 unspecified atom stereocenters. The van der Waals surface area contributed by atoms with Crippen molar-refractivity contribution in [3.8, 4) is 0 Å². The molecule has 2 aromatic heterocycles. The topological polar surface area (TPSA) is 59.8 Å². The van der Waals surface area contributed by atoms with Gasteiger partial charge in [-0.25, -0.2) is 0 Å². The molecule has 0 aliphatic heterocycles. The van der Waals surface area contributed by atoms with E-state index in [1.54, 1.807) is 4.68 Å². The summed E-state index contributed by atoms with van der Waals surface area (Å²) in [5.74, 6) is 0.253. The van der Waals surface area contributed by atoms with Gasteiger partial charge in [-0.1, -0.05) is 29.8 Å². The Balaban J connectivity index is 1.81. The van der Waals surface area contributed by atoms with Crippen LogP contribution in [0.25, 0.3) is 0 Å². The number of halogens is 2. The van der Waals surface area contributed by atoms with Gasteiger partial charge < -0.3 is 5.32 Å². The van der Waals surface area contributed by atoms with Gasteiger partial charge in [0.05, 0.1) is 20.8 Å². The lowest BCUT2D eigenvalue weighted by atomic mass is 10.2. The average Bonchev–Trinajstić information content (AvgIpc) is 3.20. The lowest BCUT2D eigenvalue weighted by molar-refractivity contribution is 0.102. The number of aromatic nitrogens is 3. The van der Waals surface area contributed by atoms with Crippen LogP contribution < -0.4 is 5.32 Å². The summed E-state index contributed by atoms with van der Waals surface area (Å²) < 4.78 is 7.66. The van der Waals surface area contributed by atoms with Gasteiger partial charge in [0.25, 0.3) is 5.91 Å². The van der Waals surface area contributed by atoms with Crippen molar-refractivity contribution in [2.75, 3.05) is 17.8 Å². The Morgan fingerprint density at radius 3 is 2.81 bits per heavy atom. The quantitative estimate of drug-likeness (QED) is 0.463. The van der Waals surface area contributed by atoms with Crippen LogP contribution in [0.3, 0.4) is 0 Å². The predicted octanol–water partition coefficient (Wildman–Crippen LogP) is 5.50. The van der Waals surface area contributed by atoms with Gasteiger partial charge in [0.2, 0.25) is 0 Å². The maximum atomic E-state index is 12.7. The molecule has 0 atom stereocenters. The average molecular weight is 490 g/mol. The molecule has 0 radical (unpaired) electrons. The smallest absolute Gasteiger partial charge is 0.261 e. The number of carbonyl (C=O) groups excluding carboxylic acids is 1. The number of carbonyl (C=O) groups is 1. The van der Waals surface area contributed by atoms with E-state index in [0.717, 1.165) is 14.8 Å². The van der Waals surface area contributed by atoms with E-state index in [0.29, 0.717) is 27.4 Å². The van der Waals surface area contributed by atoms with Crippen LogP contribution >= 0.6 is 62.6 Å². The molecule has 0 bridgehead atoms. The second kappa shape index (κ2) is 8.79. The molecule has 0 fully saturated rings. The number of hydrogen-bond acceptors (Lipinski definition) is 6. The molecule has 0 aliphatic carbocycles. The van der Waals surface area contributed by atoms with Gasteiger partial charge in [-0.15, -0.1) is 23.5 Å². The molecule has 2 heterocycles. The normalized spacial score (nSPS) is 10.9. The molecule has 3 rings (SSSR count). The molecule has 1 amide bonds. The van der Waals surface area contributed by atoms with Gasteiger partial charge in [-0.3, -0.25) is 9.48 Å². The number of anilines is 1. The first-order valence-electron chi connectivity index (χ1n) is 7.38. The highest BCUT2D eigenvalue weighted by molar-refractivity contribution is 9.10. The fourth-order valence-electron chi connectivity index (χ4n) is 2.26. The van der Waals surface area contributed by atoms with Crippen molar-refractivity contribution in [2.24, 2.45) is 0 Å².